The highest BCUT2D eigenvalue weighted by Crippen LogP contribution is 2.49. The molecule has 1 aromatic carbocycles. The number of allylic oxidation sites excluding steroid dienone is 2. The van der Waals surface area contributed by atoms with Crippen molar-refractivity contribution in [1.29, 1.82) is 0 Å². The number of amides is 1. The lowest BCUT2D eigenvalue weighted by Crippen LogP contribution is -2.39. The molecule has 2 aliphatic carbocycles. The van der Waals surface area contributed by atoms with Crippen LogP contribution in [0.5, 0.6) is 0 Å². The lowest BCUT2D eigenvalue weighted by Gasteiger charge is -2.26. The first-order valence-corrected chi connectivity index (χ1v) is 11.1. The maximum Gasteiger partial charge on any atom is 0.310 e. The van der Waals surface area contributed by atoms with E-state index in [-0.39, 0.29) is 29.5 Å². The summed E-state index contributed by atoms with van der Waals surface area (Å²) in [7, 11) is 0. The zero-order valence-electron chi connectivity index (χ0n) is 15.2. The van der Waals surface area contributed by atoms with E-state index in [1.54, 1.807) is 0 Å². The van der Waals surface area contributed by atoms with Gasteiger partial charge in [0.25, 0.3) is 0 Å². The Bertz CT molecular complexity index is 941. The number of nitrogens with zero attached hydrogens (tertiary/aromatic N) is 1. The van der Waals surface area contributed by atoms with Crippen molar-refractivity contribution in [2.75, 3.05) is 17.1 Å². The molecule has 8 heteroatoms. The highest BCUT2D eigenvalue weighted by atomic mass is 35.5. The Morgan fingerprint density at radius 2 is 1.96 bits per heavy atom. The largest absolute Gasteiger partial charge is 0.460 e. The standard InChI is InChI=1S/C20H20Cl2N2O3S/c1-10-3-2-4-14-17(10)28-20(23-14)24-18(25)15-11-5-6-12(7-11)16(15)19(26)27-13(8-21)9-22/h2-6,11-13,15-16H,7-9H2,1H3,(H,23,24,25)/t11-,12-,15-,16-/m0/s1. The smallest absolute Gasteiger partial charge is 0.310 e. The third kappa shape index (κ3) is 3.53. The first kappa shape index (κ1) is 19.7. The summed E-state index contributed by atoms with van der Waals surface area (Å²) < 4.78 is 6.50. The minimum Gasteiger partial charge on any atom is -0.460 e. The molecule has 2 aliphatic rings. The third-order valence-corrected chi connectivity index (χ3v) is 7.31. The number of nitrogens with one attached hydrogen (secondary N) is 1. The zero-order chi connectivity index (χ0) is 19.8. The van der Waals surface area contributed by atoms with Crippen LogP contribution in [0.15, 0.2) is 30.4 Å². The van der Waals surface area contributed by atoms with Crippen LogP contribution in [-0.2, 0) is 14.3 Å². The number of carbonyl (C=O) groups is 2. The lowest BCUT2D eigenvalue weighted by molar-refractivity contribution is -0.156. The van der Waals surface area contributed by atoms with Crippen molar-refractivity contribution in [2.45, 2.75) is 19.4 Å². The first-order valence-electron chi connectivity index (χ1n) is 9.19. The van der Waals surface area contributed by atoms with Gasteiger partial charge in [-0.05, 0) is 36.8 Å². The van der Waals surface area contributed by atoms with E-state index < -0.39 is 23.9 Å². The number of anilines is 1. The fraction of sp³-hybridized carbons (Fsp3) is 0.450. The van der Waals surface area contributed by atoms with Crippen molar-refractivity contribution in [3.63, 3.8) is 0 Å². The van der Waals surface area contributed by atoms with Gasteiger partial charge in [-0.2, -0.15) is 0 Å². The molecular formula is C20H20Cl2N2O3S. The van der Waals surface area contributed by atoms with Crippen molar-refractivity contribution < 1.29 is 14.3 Å². The van der Waals surface area contributed by atoms with Crippen LogP contribution in [0.3, 0.4) is 0 Å². The summed E-state index contributed by atoms with van der Waals surface area (Å²) in [4.78, 5) is 30.3. The molecule has 1 N–H and O–H groups in total. The minimum atomic E-state index is -0.546. The van der Waals surface area contributed by atoms with Crippen LogP contribution in [0.4, 0.5) is 5.13 Å². The average Bonchev–Trinajstić information content (AvgIpc) is 3.40. The second-order valence-corrected chi connectivity index (χ2v) is 8.92. The van der Waals surface area contributed by atoms with Gasteiger partial charge in [-0.1, -0.05) is 35.6 Å². The monoisotopic (exact) mass is 438 g/mol. The quantitative estimate of drug-likeness (QED) is 0.412. The molecule has 2 bridgehead atoms. The summed E-state index contributed by atoms with van der Waals surface area (Å²) in [5.41, 5.74) is 1.98. The molecule has 4 atom stereocenters. The fourth-order valence-electron chi connectivity index (χ4n) is 4.18. The number of esters is 1. The van der Waals surface area contributed by atoms with Crippen LogP contribution in [0.2, 0.25) is 0 Å². The number of alkyl halides is 2. The molecule has 0 unspecified atom stereocenters. The lowest BCUT2D eigenvalue weighted by atomic mass is 9.82. The molecule has 28 heavy (non-hydrogen) atoms. The van der Waals surface area contributed by atoms with Gasteiger partial charge in [0.1, 0.15) is 6.10 Å². The Balaban J connectivity index is 1.53. The Kier molecular flexibility index (Phi) is 5.63. The van der Waals surface area contributed by atoms with Crippen LogP contribution < -0.4 is 5.32 Å². The van der Waals surface area contributed by atoms with Crippen LogP contribution in [0, 0.1) is 30.6 Å². The van der Waals surface area contributed by atoms with E-state index in [9.17, 15) is 9.59 Å². The molecule has 2 aromatic rings. The number of benzene rings is 1. The number of rotatable bonds is 6. The molecule has 148 valence electrons. The zero-order valence-corrected chi connectivity index (χ0v) is 17.6. The second-order valence-electron chi connectivity index (χ2n) is 7.30. The van der Waals surface area contributed by atoms with Crippen molar-refractivity contribution in [3.05, 3.63) is 35.9 Å². The normalized spacial score (nSPS) is 25.6. The van der Waals surface area contributed by atoms with Gasteiger partial charge in [-0.15, -0.1) is 23.2 Å². The summed E-state index contributed by atoms with van der Waals surface area (Å²) in [5.74, 6) is -1.27. The number of hydrogen-bond acceptors (Lipinski definition) is 5. The molecule has 1 amide bonds. The summed E-state index contributed by atoms with van der Waals surface area (Å²) in [5, 5.41) is 3.47. The van der Waals surface area contributed by atoms with E-state index in [1.165, 1.54) is 11.3 Å². The Labute approximate surface area is 177 Å². The molecular weight excluding hydrogens is 419 g/mol. The van der Waals surface area contributed by atoms with Crippen molar-refractivity contribution in [1.82, 2.24) is 4.98 Å². The average molecular weight is 439 g/mol. The maximum atomic E-state index is 13.1. The minimum absolute atomic E-state index is 0.0113. The molecule has 4 rings (SSSR count). The number of aryl methyl sites for hydroxylation is 1. The van der Waals surface area contributed by atoms with Crippen LogP contribution in [-0.4, -0.2) is 34.7 Å². The molecule has 5 nitrogen and oxygen atoms in total. The van der Waals surface area contributed by atoms with E-state index >= 15 is 0 Å². The van der Waals surface area contributed by atoms with Gasteiger partial charge in [-0.3, -0.25) is 9.59 Å². The number of hydrogen-bond donors (Lipinski definition) is 1. The Morgan fingerprint density at radius 1 is 1.25 bits per heavy atom. The number of ether oxygens (including phenoxy) is 1. The van der Waals surface area contributed by atoms with Crippen molar-refractivity contribution in [2.24, 2.45) is 23.7 Å². The molecule has 1 aromatic heterocycles. The van der Waals surface area contributed by atoms with Gasteiger partial charge in [0.2, 0.25) is 5.91 Å². The highest BCUT2D eigenvalue weighted by Gasteiger charge is 2.52. The Hall–Kier alpha value is -1.63. The molecule has 1 fully saturated rings. The number of aromatic nitrogens is 1. The number of carbonyl (C=O) groups excluding carboxylic acids is 2. The highest BCUT2D eigenvalue weighted by molar-refractivity contribution is 7.22. The first-order chi connectivity index (χ1) is 13.5. The fourth-order valence-corrected chi connectivity index (χ4v) is 5.57. The summed E-state index contributed by atoms with van der Waals surface area (Å²) in [6, 6.07) is 5.89. The third-order valence-electron chi connectivity index (χ3n) is 5.50. The van der Waals surface area contributed by atoms with E-state index in [0.29, 0.717) is 5.13 Å². The maximum absolute atomic E-state index is 13.1. The number of halogens is 2. The van der Waals surface area contributed by atoms with Gasteiger partial charge < -0.3 is 10.1 Å². The SMILES string of the molecule is Cc1cccc2nc(NC(=O)[C@@H]3[C@@H](C(=O)OC(CCl)CCl)[C@H]4C=C[C@H]3C4)sc12. The Morgan fingerprint density at radius 3 is 2.64 bits per heavy atom. The predicted molar refractivity (Wildman–Crippen MR) is 112 cm³/mol. The van der Waals surface area contributed by atoms with E-state index in [2.05, 4.69) is 10.3 Å². The molecule has 0 saturated heterocycles. The molecule has 0 spiro atoms. The molecule has 1 heterocycles. The van der Waals surface area contributed by atoms with Crippen molar-refractivity contribution in [3.8, 4) is 0 Å². The molecule has 0 radical (unpaired) electrons. The van der Waals surface area contributed by atoms with Crippen molar-refractivity contribution >= 4 is 61.8 Å². The topological polar surface area (TPSA) is 68.3 Å². The van der Waals surface area contributed by atoms with Gasteiger partial charge in [0.05, 0.1) is 33.8 Å². The van der Waals surface area contributed by atoms with Gasteiger partial charge in [0.15, 0.2) is 5.13 Å². The van der Waals surface area contributed by atoms with Gasteiger partial charge in [-0.25, -0.2) is 4.98 Å². The molecule has 1 saturated carbocycles. The predicted octanol–water partition coefficient (Wildman–Crippen LogP) is 4.37. The van der Waals surface area contributed by atoms with Crippen LogP contribution in [0.1, 0.15) is 12.0 Å². The summed E-state index contributed by atoms with van der Waals surface area (Å²) in [6.45, 7) is 2.02. The second kappa shape index (κ2) is 8.01. The summed E-state index contributed by atoms with van der Waals surface area (Å²) >= 11 is 13.0. The van der Waals surface area contributed by atoms with Crippen LogP contribution >= 0.6 is 34.5 Å². The van der Waals surface area contributed by atoms with E-state index in [4.69, 9.17) is 27.9 Å². The summed E-state index contributed by atoms with van der Waals surface area (Å²) in [6.07, 6.45) is 4.28. The number of thiazole rings is 1. The molecule has 0 aliphatic heterocycles. The van der Waals surface area contributed by atoms with E-state index in [1.807, 2.05) is 37.3 Å². The van der Waals surface area contributed by atoms with Crippen LogP contribution in [0.25, 0.3) is 10.2 Å². The number of fused-ring (bicyclic) bond motifs is 3. The van der Waals surface area contributed by atoms with Gasteiger partial charge >= 0.3 is 5.97 Å². The van der Waals surface area contributed by atoms with E-state index in [0.717, 1.165) is 22.2 Å². The van der Waals surface area contributed by atoms with Gasteiger partial charge in [0, 0.05) is 0 Å².